The third-order valence-electron chi connectivity index (χ3n) is 4.12. The van der Waals surface area contributed by atoms with Crippen LogP contribution < -0.4 is 4.90 Å². The fraction of sp³-hybridized carbons (Fsp3) is 0.357. The van der Waals surface area contributed by atoms with Gasteiger partial charge in [-0.3, -0.25) is 9.59 Å². The van der Waals surface area contributed by atoms with Gasteiger partial charge in [0.1, 0.15) is 6.07 Å². The van der Waals surface area contributed by atoms with Crippen molar-refractivity contribution in [2.45, 2.75) is 13.8 Å². The second-order valence-corrected chi connectivity index (χ2v) is 6.48. The van der Waals surface area contributed by atoms with Crippen molar-refractivity contribution < 1.29 is 9.59 Å². The quantitative estimate of drug-likeness (QED) is 0.747. The predicted molar refractivity (Wildman–Crippen MR) is 72.1 cm³/mol. The molecule has 0 aromatic heterocycles. The van der Waals surface area contributed by atoms with Crippen LogP contribution in [0.25, 0.3) is 0 Å². The second-order valence-electron chi connectivity index (χ2n) is 5.56. The van der Waals surface area contributed by atoms with Gasteiger partial charge in [-0.05, 0) is 23.6 Å². The molecule has 4 nitrogen and oxygen atoms in total. The Balaban J connectivity index is 2.05. The number of carbonyl (C=O) groups excluding carboxylic acids is 2. The molecule has 0 spiro atoms. The van der Waals surface area contributed by atoms with Gasteiger partial charge in [0.05, 0.1) is 23.1 Å². The standard InChI is InChI=1S/C14H11BrN2O2/c1-14(2)10-11(14)13(19)17(12(10)18)9-4-3-8(15)5-7(9)6-16/h3-5,10-11H,1-2H3. The normalized spacial score (nSPS) is 27.2. The molecule has 2 unspecified atom stereocenters. The molecule has 0 N–H and O–H groups in total. The summed E-state index contributed by atoms with van der Waals surface area (Å²) in [6, 6.07) is 7.01. The number of nitrogens with zero attached hydrogens (tertiary/aromatic N) is 2. The molecule has 1 saturated carbocycles. The maximum absolute atomic E-state index is 12.3. The van der Waals surface area contributed by atoms with Crippen molar-refractivity contribution in [3.05, 3.63) is 28.2 Å². The lowest BCUT2D eigenvalue weighted by atomic mass is 10.0. The highest BCUT2D eigenvalue weighted by atomic mass is 79.9. The molecule has 3 rings (SSSR count). The monoisotopic (exact) mass is 318 g/mol. The van der Waals surface area contributed by atoms with Gasteiger partial charge in [0.2, 0.25) is 11.8 Å². The molecule has 96 valence electrons. The number of rotatable bonds is 1. The molecule has 2 atom stereocenters. The van der Waals surface area contributed by atoms with Crippen LogP contribution in [0.5, 0.6) is 0 Å². The minimum atomic E-state index is -0.229. The van der Waals surface area contributed by atoms with Crippen LogP contribution in [-0.2, 0) is 9.59 Å². The Kier molecular flexibility index (Phi) is 2.39. The maximum Gasteiger partial charge on any atom is 0.238 e. The molecule has 2 fully saturated rings. The van der Waals surface area contributed by atoms with Gasteiger partial charge in [-0.25, -0.2) is 4.90 Å². The van der Waals surface area contributed by atoms with Crippen molar-refractivity contribution in [1.29, 1.82) is 5.26 Å². The third kappa shape index (κ3) is 1.50. The van der Waals surface area contributed by atoms with E-state index in [0.717, 1.165) is 4.47 Å². The number of nitriles is 1. The van der Waals surface area contributed by atoms with Gasteiger partial charge in [-0.1, -0.05) is 29.8 Å². The molecule has 0 radical (unpaired) electrons. The number of benzene rings is 1. The topological polar surface area (TPSA) is 61.2 Å². The van der Waals surface area contributed by atoms with E-state index in [9.17, 15) is 9.59 Å². The highest BCUT2D eigenvalue weighted by molar-refractivity contribution is 9.10. The van der Waals surface area contributed by atoms with Crippen molar-refractivity contribution in [1.82, 2.24) is 0 Å². The molecular formula is C14H11BrN2O2. The fourth-order valence-electron chi connectivity index (χ4n) is 2.98. The van der Waals surface area contributed by atoms with Crippen molar-refractivity contribution in [3.63, 3.8) is 0 Å². The Morgan fingerprint density at radius 1 is 1.26 bits per heavy atom. The lowest BCUT2D eigenvalue weighted by Gasteiger charge is -2.21. The number of amides is 2. The van der Waals surface area contributed by atoms with E-state index in [1.54, 1.807) is 18.2 Å². The fourth-order valence-corrected chi connectivity index (χ4v) is 3.34. The van der Waals surface area contributed by atoms with Gasteiger partial charge in [-0.2, -0.15) is 5.26 Å². The summed E-state index contributed by atoms with van der Waals surface area (Å²) in [6.45, 7) is 3.87. The molecule has 0 bridgehead atoms. The highest BCUT2D eigenvalue weighted by Gasteiger charge is 2.72. The molecule has 1 aliphatic heterocycles. The van der Waals surface area contributed by atoms with E-state index in [2.05, 4.69) is 15.9 Å². The number of hydrogen-bond acceptors (Lipinski definition) is 3. The van der Waals surface area contributed by atoms with Crippen LogP contribution in [-0.4, -0.2) is 11.8 Å². The number of hydrogen-bond donors (Lipinski definition) is 0. The molecule has 5 heteroatoms. The largest absolute Gasteiger partial charge is 0.274 e. The van der Waals surface area contributed by atoms with Crippen molar-refractivity contribution >= 4 is 33.4 Å². The van der Waals surface area contributed by atoms with Gasteiger partial charge in [-0.15, -0.1) is 0 Å². The van der Waals surface area contributed by atoms with E-state index in [1.165, 1.54) is 4.90 Å². The summed E-state index contributed by atoms with van der Waals surface area (Å²) < 4.78 is 0.748. The molecular weight excluding hydrogens is 308 g/mol. The minimum absolute atomic E-state index is 0.182. The van der Waals surface area contributed by atoms with Gasteiger partial charge in [0, 0.05) is 4.47 Å². The van der Waals surface area contributed by atoms with E-state index in [-0.39, 0.29) is 29.1 Å². The van der Waals surface area contributed by atoms with E-state index in [4.69, 9.17) is 5.26 Å². The van der Waals surface area contributed by atoms with Crippen molar-refractivity contribution in [2.75, 3.05) is 4.90 Å². The first-order chi connectivity index (χ1) is 8.89. The summed E-state index contributed by atoms with van der Waals surface area (Å²) in [5, 5.41) is 9.14. The lowest BCUT2D eigenvalue weighted by molar-refractivity contribution is -0.125. The first-order valence-corrected chi connectivity index (χ1v) is 6.76. The highest BCUT2D eigenvalue weighted by Crippen LogP contribution is 2.63. The predicted octanol–water partition coefficient (Wildman–Crippen LogP) is 2.47. The first-order valence-electron chi connectivity index (χ1n) is 5.97. The Morgan fingerprint density at radius 3 is 2.37 bits per heavy atom. The molecule has 1 saturated heterocycles. The average Bonchev–Trinajstić information content (AvgIpc) is 2.81. The second kappa shape index (κ2) is 3.67. The summed E-state index contributed by atoms with van der Waals surface area (Å²) in [5.41, 5.74) is 0.492. The summed E-state index contributed by atoms with van der Waals surface area (Å²) in [7, 11) is 0. The summed E-state index contributed by atoms with van der Waals surface area (Å²) in [4.78, 5) is 25.8. The van der Waals surface area contributed by atoms with Crippen LogP contribution >= 0.6 is 15.9 Å². The average molecular weight is 319 g/mol. The van der Waals surface area contributed by atoms with E-state index < -0.39 is 0 Å². The van der Waals surface area contributed by atoms with Crippen LogP contribution in [0.15, 0.2) is 22.7 Å². The number of imide groups is 1. The zero-order valence-electron chi connectivity index (χ0n) is 10.5. The van der Waals surface area contributed by atoms with Crippen LogP contribution in [0.2, 0.25) is 0 Å². The zero-order valence-corrected chi connectivity index (χ0v) is 12.1. The van der Waals surface area contributed by atoms with Crippen LogP contribution in [0.1, 0.15) is 19.4 Å². The number of halogens is 1. The van der Waals surface area contributed by atoms with Gasteiger partial charge in [0.15, 0.2) is 0 Å². The van der Waals surface area contributed by atoms with Gasteiger partial charge in [0.25, 0.3) is 0 Å². The molecule has 2 amide bonds. The number of piperidine rings is 1. The first kappa shape index (κ1) is 12.4. The molecule has 19 heavy (non-hydrogen) atoms. The summed E-state index contributed by atoms with van der Waals surface area (Å²) in [5.74, 6) is -0.817. The molecule has 2 aliphatic rings. The van der Waals surface area contributed by atoms with Crippen molar-refractivity contribution in [3.8, 4) is 6.07 Å². The van der Waals surface area contributed by atoms with E-state index >= 15 is 0 Å². The lowest BCUT2D eigenvalue weighted by Crippen LogP contribution is -2.36. The Bertz CT molecular complexity index is 636. The van der Waals surface area contributed by atoms with Gasteiger partial charge >= 0.3 is 0 Å². The third-order valence-corrected chi connectivity index (χ3v) is 4.61. The zero-order chi connectivity index (χ0) is 13.9. The summed E-state index contributed by atoms with van der Waals surface area (Å²) >= 11 is 3.28. The SMILES string of the molecule is CC1(C)C2C(=O)N(c3ccc(Br)cc3C#N)C(=O)C21. The Morgan fingerprint density at radius 2 is 1.84 bits per heavy atom. The molecule has 1 aromatic carbocycles. The van der Waals surface area contributed by atoms with Crippen molar-refractivity contribution in [2.24, 2.45) is 17.3 Å². The van der Waals surface area contributed by atoms with E-state index in [1.807, 2.05) is 19.9 Å². The smallest absolute Gasteiger partial charge is 0.238 e. The van der Waals surface area contributed by atoms with Crippen LogP contribution in [0.3, 0.4) is 0 Å². The summed E-state index contributed by atoms with van der Waals surface area (Å²) in [6.07, 6.45) is 0. The van der Waals surface area contributed by atoms with E-state index in [0.29, 0.717) is 11.3 Å². The minimum Gasteiger partial charge on any atom is -0.274 e. The van der Waals surface area contributed by atoms with Gasteiger partial charge < -0.3 is 0 Å². The number of anilines is 1. The van der Waals surface area contributed by atoms with Crippen LogP contribution in [0, 0.1) is 28.6 Å². The molecule has 1 heterocycles. The maximum atomic E-state index is 12.3. The number of carbonyl (C=O) groups is 2. The molecule has 1 aliphatic carbocycles. The Labute approximate surface area is 119 Å². The van der Waals surface area contributed by atoms with Crippen LogP contribution in [0.4, 0.5) is 5.69 Å². The molecule has 1 aromatic rings. The Hall–Kier alpha value is -1.67. The number of fused-ring (bicyclic) bond motifs is 1.